The largest absolute Gasteiger partial charge is 0.342 e. The Bertz CT molecular complexity index is 669. The van der Waals surface area contributed by atoms with Crippen LogP contribution in [0.25, 0.3) is 10.9 Å². The van der Waals surface area contributed by atoms with Crippen LogP contribution in [-0.2, 0) is 6.54 Å². The summed E-state index contributed by atoms with van der Waals surface area (Å²) in [7, 11) is 0. The molecule has 0 radical (unpaired) electrons. The fourth-order valence-electron chi connectivity index (χ4n) is 2.34. The quantitative estimate of drug-likeness (QED) is 0.801. The molecule has 5 heteroatoms. The molecule has 0 bridgehead atoms. The number of hydrogen-bond donors (Lipinski definition) is 0. The third kappa shape index (κ3) is 2.43. The molecule has 1 aromatic carbocycles. The van der Waals surface area contributed by atoms with Gasteiger partial charge in [0.05, 0.1) is 24.4 Å². The average Bonchev–Trinajstić information content (AvgIpc) is 2.75. The minimum Gasteiger partial charge on any atom is -0.342 e. The fourth-order valence-corrected chi connectivity index (χ4v) is 2.87. The van der Waals surface area contributed by atoms with E-state index in [-0.39, 0.29) is 0 Å². The van der Waals surface area contributed by atoms with Crippen molar-refractivity contribution in [1.82, 2.24) is 14.8 Å². The Balaban J connectivity index is 1.84. The van der Waals surface area contributed by atoms with Gasteiger partial charge in [-0.05, 0) is 19.1 Å². The molecule has 3 nitrogen and oxygen atoms in total. The first-order chi connectivity index (χ1) is 9.69. The summed E-state index contributed by atoms with van der Waals surface area (Å²) >= 11 is 12.5. The third-order valence-corrected chi connectivity index (χ3v) is 4.39. The maximum absolute atomic E-state index is 6.27. The van der Waals surface area contributed by atoms with Gasteiger partial charge in [-0.15, -0.1) is 0 Å². The van der Waals surface area contributed by atoms with E-state index in [4.69, 9.17) is 23.2 Å². The summed E-state index contributed by atoms with van der Waals surface area (Å²) in [6.45, 7) is 4.28. The fraction of sp³-hybridized carbons (Fsp3) is 0.267. The monoisotopic (exact) mass is 307 g/mol. The van der Waals surface area contributed by atoms with Crippen LogP contribution in [0.4, 0.5) is 0 Å². The van der Waals surface area contributed by atoms with Crippen LogP contribution < -0.4 is 0 Å². The standard InChI is InChI=1S/C15H15Cl2N3/c1-2-19-10-20(15(17)14(19)16)9-12-8-7-11-5-3-4-6-13(11)18-12/h3-8H,2,9-10H2,1H3. The van der Waals surface area contributed by atoms with Gasteiger partial charge in [-0.2, -0.15) is 0 Å². The number of halogens is 2. The first kappa shape index (κ1) is 13.5. The Morgan fingerprint density at radius 2 is 1.80 bits per heavy atom. The summed E-state index contributed by atoms with van der Waals surface area (Å²) in [6.07, 6.45) is 0. The number of para-hydroxylation sites is 1. The molecule has 1 aliphatic rings. The van der Waals surface area contributed by atoms with Gasteiger partial charge < -0.3 is 9.80 Å². The molecule has 20 heavy (non-hydrogen) atoms. The van der Waals surface area contributed by atoms with E-state index in [0.29, 0.717) is 23.5 Å². The van der Waals surface area contributed by atoms with Gasteiger partial charge in [-0.25, -0.2) is 0 Å². The lowest BCUT2D eigenvalue weighted by molar-refractivity contribution is 0.259. The summed E-state index contributed by atoms with van der Waals surface area (Å²) < 4.78 is 0. The second-order valence-corrected chi connectivity index (χ2v) is 5.49. The highest BCUT2D eigenvalue weighted by molar-refractivity contribution is 6.38. The molecule has 104 valence electrons. The van der Waals surface area contributed by atoms with Crippen molar-refractivity contribution in [3.05, 3.63) is 52.4 Å². The van der Waals surface area contributed by atoms with Crippen LogP contribution in [0.2, 0.25) is 0 Å². The van der Waals surface area contributed by atoms with Crippen molar-refractivity contribution in [2.75, 3.05) is 13.2 Å². The number of aromatic nitrogens is 1. The predicted octanol–water partition coefficient (Wildman–Crippen LogP) is 3.93. The number of pyridine rings is 1. The smallest absolute Gasteiger partial charge is 0.142 e. The minimum atomic E-state index is 0.600. The lowest BCUT2D eigenvalue weighted by atomic mass is 10.2. The van der Waals surface area contributed by atoms with E-state index < -0.39 is 0 Å². The van der Waals surface area contributed by atoms with E-state index in [9.17, 15) is 0 Å². The van der Waals surface area contributed by atoms with Gasteiger partial charge in [0.15, 0.2) is 0 Å². The molecular weight excluding hydrogens is 293 g/mol. The van der Waals surface area contributed by atoms with Crippen molar-refractivity contribution in [2.24, 2.45) is 0 Å². The lowest BCUT2D eigenvalue weighted by Crippen LogP contribution is -2.26. The van der Waals surface area contributed by atoms with E-state index in [1.165, 1.54) is 0 Å². The molecule has 0 saturated heterocycles. The lowest BCUT2D eigenvalue weighted by Gasteiger charge is -2.20. The van der Waals surface area contributed by atoms with E-state index in [1.807, 2.05) is 34.1 Å². The van der Waals surface area contributed by atoms with Gasteiger partial charge in [0.1, 0.15) is 10.3 Å². The van der Waals surface area contributed by atoms with Crippen LogP contribution in [0.15, 0.2) is 46.7 Å². The number of fused-ring (bicyclic) bond motifs is 1. The Morgan fingerprint density at radius 1 is 1.05 bits per heavy atom. The van der Waals surface area contributed by atoms with Crippen molar-refractivity contribution >= 4 is 34.1 Å². The Morgan fingerprint density at radius 3 is 2.55 bits per heavy atom. The summed E-state index contributed by atoms with van der Waals surface area (Å²) in [6, 6.07) is 12.2. The maximum Gasteiger partial charge on any atom is 0.142 e. The topological polar surface area (TPSA) is 19.4 Å². The van der Waals surface area contributed by atoms with Gasteiger partial charge in [0.25, 0.3) is 0 Å². The highest BCUT2D eigenvalue weighted by Gasteiger charge is 2.25. The molecule has 0 spiro atoms. The van der Waals surface area contributed by atoms with E-state index in [2.05, 4.69) is 24.0 Å². The molecule has 0 unspecified atom stereocenters. The van der Waals surface area contributed by atoms with Crippen LogP contribution in [0.3, 0.4) is 0 Å². The molecule has 0 N–H and O–H groups in total. The molecule has 2 heterocycles. The van der Waals surface area contributed by atoms with Gasteiger partial charge in [-0.3, -0.25) is 4.98 Å². The Labute approximate surface area is 128 Å². The van der Waals surface area contributed by atoms with Crippen molar-refractivity contribution in [2.45, 2.75) is 13.5 Å². The number of benzene rings is 1. The maximum atomic E-state index is 6.27. The molecule has 1 aromatic heterocycles. The van der Waals surface area contributed by atoms with E-state index >= 15 is 0 Å². The SMILES string of the molecule is CCN1CN(Cc2ccc3ccccc3n2)C(Cl)=C1Cl. The molecular formula is C15H15Cl2N3. The van der Waals surface area contributed by atoms with Crippen LogP contribution in [0.5, 0.6) is 0 Å². The van der Waals surface area contributed by atoms with E-state index in [0.717, 1.165) is 23.1 Å². The summed E-state index contributed by atoms with van der Waals surface area (Å²) in [4.78, 5) is 8.73. The first-order valence-corrected chi connectivity index (χ1v) is 7.34. The summed E-state index contributed by atoms with van der Waals surface area (Å²) in [5.41, 5.74) is 1.99. The van der Waals surface area contributed by atoms with E-state index in [1.54, 1.807) is 0 Å². The first-order valence-electron chi connectivity index (χ1n) is 6.59. The van der Waals surface area contributed by atoms with Crippen LogP contribution in [0.1, 0.15) is 12.6 Å². The molecule has 0 aliphatic carbocycles. The van der Waals surface area contributed by atoms with Gasteiger partial charge in [0, 0.05) is 11.9 Å². The second-order valence-electron chi connectivity index (χ2n) is 4.77. The van der Waals surface area contributed by atoms with Gasteiger partial charge in [0.2, 0.25) is 0 Å². The second kappa shape index (κ2) is 5.51. The van der Waals surface area contributed by atoms with Gasteiger partial charge >= 0.3 is 0 Å². The molecule has 0 amide bonds. The molecule has 3 rings (SSSR count). The third-order valence-electron chi connectivity index (χ3n) is 3.46. The normalized spacial score (nSPS) is 15.6. The molecule has 0 fully saturated rings. The van der Waals surface area contributed by atoms with Crippen LogP contribution >= 0.6 is 23.2 Å². The summed E-state index contributed by atoms with van der Waals surface area (Å²) in [5.74, 6) is 0. The zero-order valence-electron chi connectivity index (χ0n) is 11.2. The van der Waals surface area contributed by atoms with Crippen molar-refractivity contribution in [3.63, 3.8) is 0 Å². The number of rotatable bonds is 3. The average molecular weight is 308 g/mol. The number of nitrogens with zero attached hydrogens (tertiary/aromatic N) is 3. The van der Waals surface area contributed by atoms with Crippen molar-refractivity contribution in [3.8, 4) is 0 Å². The van der Waals surface area contributed by atoms with Crippen molar-refractivity contribution < 1.29 is 0 Å². The summed E-state index contributed by atoms with van der Waals surface area (Å²) in [5, 5.41) is 2.37. The van der Waals surface area contributed by atoms with Crippen molar-refractivity contribution in [1.29, 1.82) is 0 Å². The molecule has 2 aromatic rings. The predicted molar refractivity (Wildman–Crippen MR) is 83.3 cm³/mol. The molecule has 0 saturated carbocycles. The highest BCUT2D eigenvalue weighted by atomic mass is 35.5. The molecule has 1 aliphatic heterocycles. The number of hydrogen-bond acceptors (Lipinski definition) is 3. The zero-order valence-corrected chi connectivity index (χ0v) is 12.7. The van der Waals surface area contributed by atoms with Crippen LogP contribution in [0, 0.1) is 0 Å². The highest BCUT2D eigenvalue weighted by Crippen LogP contribution is 2.30. The van der Waals surface area contributed by atoms with Gasteiger partial charge in [-0.1, -0.05) is 47.5 Å². The minimum absolute atomic E-state index is 0.600. The Hall–Kier alpha value is -1.45. The Kier molecular flexibility index (Phi) is 3.72. The van der Waals surface area contributed by atoms with Crippen LogP contribution in [-0.4, -0.2) is 28.0 Å². The molecule has 0 atom stereocenters. The zero-order chi connectivity index (χ0) is 14.1.